The molecule has 2 N–H and O–H groups in total. The average molecular weight is 311 g/mol. The zero-order valence-electron chi connectivity index (χ0n) is 12.6. The summed E-state index contributed by atoms with van der Waals surface area (Å²) in [6.45, 7) is 5.39. The van der Waals surface area contributed by atoms with Gasteiger partial charge in [0.15, 0.2) is 0 Å². The Morgan fingerprint density at radius 1 is 1.32 bits per heavy atom. The molecule has 0 atom stereocenters. The average Bonchev–Trinajstić information content (AvgIpc) is 2.39. The van der Waals surface area contributed by atoms with E-state index in [1.165, 1.54) is 6.07 Å². The maximum atomic E-state index is 13.2. The number of hydrogen-bond acceptors (Lipinski definition) is 4. The van der Waals surface area contributed by atoms with Crippen LogP contribution in [0.2, 0.25) is 0 Å². The number of halogens is 1. The van der Waals surface area contributed by atoms with Gasteiger partial charge >= 0.3 is 5.69 Å². The van der Waals surface area contributed by atoms with Gasteiger partial charge in [0.25, 0.3) is 0 Å². The fraction of sp³-hybridized carbons (Fsp3) is 0.429. The molecule has 0 radical (unpaired) electrons. The number of carbonyl (C=O) groups is 2. The van der Waals surface area contributed by atoms with Crippen molar-refractivity contribution in [1.29, 1.82) is 0 Å². The zero-order valence-corrected chi connectivity index (χ0v) is 12.6. The molecule has 7 nitrogen and oxygen atoms in total. The zero-order chi connectivity index (χ0) is 16.9. The van der Waals surface area contributed by atoms with E-state index in [0.29, 0.717) is 0 Å². The van der Waals surface area contributed by atoms with Crippen molar-refractivity contribution >= 4 is 23.2 Å². The second-order valence-corrected chi connectivity index (χ2v) is 5.73. The number of benzene rings is 1. The first kappa shape index (κ1) is 17.5. The Morgan fingerprint density at radius 3 is 2.50 bits per heavy atom. The summed E-state index contributed by atoms with van der Waals surface area (Å²) in [4.78, 5) is 33.0. The number of rotatable bonds is 5. The van der Waals surface area contributed by atoms with E-state index >= 15 is 0 Å². The summed E-state index contributed by atoms with van der Waals surface area (Å²) in [5.74, 6) is -1.59. The Hall–Kier alpha value is -2.51. The van der Waals surface area contributed by atoms with Gasteiger partial charge in [-0.15, -0.1) is 0 Å². The standard InChI is InChI=1S/C14H18FN3O4/c1-14(2,3)13(20)16-7-6-12(19)17-9-4-5-10(15)11(8-9)18(21)22/h4-5,8H,6-7H2,1-3H3,(H,16,20)(H,17,19). The van der Waals surface area contributed by atoms with Crippen molar-refractivity contribution in [2.75, 3.05) is 11.9 Å². The Kier molecular flexibility index (Phi) is 5.56. The van der Waals surface area contributed by atoms with Crippen molar-refractivity contribution in [1.82, 2.24) is 5.32 Å². The van der Waals surface area contributed by atoms with E-state index in [9.17, 15) is 24.1 Å². The predicted molar refractivity (Wildman–Crippen MR) is 78.8 cm³/mol. The molecule has 0 heterocycles. The van der Waals surface area contributed by atoms with E-state index in [0.717, 1.165) is 12.1 Å². The Labute approximate surface area is 127 Å². The number of hydrogen-bond donors (Lipinski definition) is 2. The maximum Gasteiger partial charge on any atom is 0.306 e. The molecule has 1 rings (SSSR count). The molecule has 0 saturated heterocycles. The van der Waals surface area contributed by atoms with Crippen LogP contribution in [0.5, 0.6) is 0 Å². The van der Waals surface area contributed by atoms with E-state index in [-0.39, 0.29) is 24.6 Å². The van der Waals surface area contributed by atoms with E-state index in [1.54, 1.807) is 20.8 Å². The summed E-state index contributed by atoms with van der Waals surface area (Å²) >= 11 is 0. The van der Waals surface area contributed by atoms with Gasteiger partial charge in [0.2, 0.25) is 17.6 Å². The summed E-state index contributed by atoms with van der Waals surface area (Å²) in [5.41, 5.74) is -1.13. The van der Waals surface area contributed by atoms with Crippen LogP contribution in [0.4, 0.5) is 15.8 Å². The third-order valence-corrected chi connectivity index (χ3v) is 2.75. The molecule has 0 spiro atoms. The van der Waals surface area contributed by atoms with Gasteiger partial charge in [0, 0.05) is 30.1 Å². The molecule has 0 aliphatic rings. The minimum atomic E-state index is -0.972. The highest BCUT2D eigenvalue weighted by atomic mass is 19.1. The molecule has 8 heteroatoms. The quantitative estimate of drug-likeness (QED) is 0.643. The summed E-state index contributed by atoms with van der Waals surface area (Å²) < 4.78 is 13.2. The van der Waals surface area contributed by atoms with Crippen molar-refractivity contribution in [2.24, 2.45) is 5.41 Å². The van der Waals surface area contributed by atoms with Crippen LogP contribution >= 0.6 is 0 Å². The predicted octanol–water partition coefficient (Wildman–Crippen LogP) is 2.22. The number of anilines is 1. The number of nitrogens with zero attached hydrogens (tertiary/aromatic N) is 1. The molecule has 0 bridgehead atoms. The van der Waals surface area contributed by atoms with Crippen LogP contribution in [0.15, 0.2) is 18.2 Å². The first-order valence-corrected chi connectivity index (χ1v) is 6.63. The Balaban J connectivity index is 2.54. The Bertz CT molecular complexity index is 596. The van der Waals surface area contributed by atoms with Crippen molar-refractivity contribution < 1.29 is 18.9 Å². The number of nitro benzene ring substituents is 1. The van der Waals surface area contributed by atoms with Crippen LogP contribution in [0, 0.1) is 21.3 Å². The van der Waals surface area contributed by atoms with Crippen LogP contribution < -0.4 is 10.6 Å². The van der Waals surface area contributed by atoms with Crippen LogP contribution in [0.1, 0.15) is 27.2 Å². The van der Waals surface area contributed by atoms with Crippen molar-refractivity contribution in [3.63, 3.8) is 0 Å². The van der Waals surface area contributed by atoms with Crippen molar-refractivity contribution in [3.8, 4) is 0 Å². The molecule has 0 aromatic heterocycles. The monoisotopic (exact) mass is 311 g/mol. The van der Waals surface area contributed by atoms with Gasteiger partial charge < -0.3 is 10.6 Å². The highest BCUT2D eigenvalue weighted by Gasteiger charge is 2.20. The summed E-state index contributed by atoms with van der Waals surface area (Å²) in [7, 11) is 0. The molecule has 1 aromatic carbocycles. The van der Waals surface area contributed by atoms with E-state index < -0.39 is 27.8 Å². The lowest BCUT2D eigenvalue weighted by Gasteiger charge is -2.17. The third kappa shape index (κ3) is 5.12. The second kappa shape index (κ2) is 6.97. The first-order valence-electron chi connectivity index (χ1n) is 6.63. The minimum absolute atomic E-state index is 0.00694. The molecule has 0 aliphatic carbocycles. The molecule has 120 valence electrons. The van der Waals surface area contributed by atoms with E-state index in [2.05, 4.69) is 10.6 Å². The van der Waals surface area contributed by atoms with Gasteiger partial charge in [-0.05, 0) is 12.1 Å². The third-order valence-electron chi connectivity index (χ3n) is 2.75. The highest BCUT2D eigenvalue weighted by Crippen LogP contribution is 2.21. The lowest BCUT2D eigenvalue weighted by molar-refractivity contribution is -0.387. The molecule has 0 unspecified atom stereocenters. The molecular weight excluding hydrogens is 293 g/mol. The van der Waals surface area contributed by atoms with Gasteiger partial charge in [-0.2, -0.15) is 4.39 Å². The molecule has 0 fully saturated rings. The van der Waals surface area contributed by atoms with Gasteiger partial charge in [0.05, 0.1) is 4.92 Å². The van der Waals surface area contributed by atoms with E-state index in [4.69, 9.17) is 0 Å². The molecule has 0 saturated carbocycles. The first-order chi connectivity index (χ1) is 10.1. The summed E-state index contributed by atoms with van der Waals surface area (Å²) in [6.07, 6.45) is 0.00694. The number of nitro groups is 1. The van der Waals surface area contributed by atoms with Gasteiger partial charge in [0.1, 0.15) is 0 Å². The van der Waals surface area contributed by atoms with Gasteiger partial charge in [-0.3, -0.25) is 19.7 Å². The smallest absolute Gasteiger partial charge is 0.306 e. The Morgan fingerprint density at radius 2 is 1.95 bits per heavy atom. The van der Waals surface area contributed by atoms with E-state index in [1.807, 2.05) is 0 Å². The number of nitrogens with one attached hydrogen (secondary N) is 2. The topological polar surface area (TPSA) is 101 Å². The SMILES string of the molecule is CC(C)(C)C(=O)NCCC(=O)Nc1ccc(F)c([N+](=O)[O-])c1. The van der Waals surface area contributed by atoms with Crippen LogP contribution in [0.25, 0.3) is 0 Å². The largest absolute Gasteiger partial charge is 0.355 e. The summed E-state index contributed by atoms with van der Waals surface area (Å²) in [5, 5.41) is 15.6. The summed E-state index contributed by atoms with van der Waals surface area (Å²) in [6, 6.07) is 3.09. The van der Waals surface area contributed by atoms with Crippen LogP contribution in [0.3, 0.4) is 0 Å². The van der Waals surface area contributed by atoms with Crippen LogP contribution in [-0.4, -0.2) is 23.3 Å². The maximum absolute atomic E-state index is 13.2. The molecule has 2 amide bonds. The lowest BCUT2D eigenvalue weighted by atomic mass is 9.96. The minimum Gasteiger partial charge on any atom is -0.355 e. The molecule has 22 heavy (non-hydrogen) atoms. The number of amides is 2. The van der Waals surface area contributed by atoms with Crippen molar-refractivity contribution in [2.45, 2.75) is 27.2 Å². The molecule has 1 aromatic rings. The highest BCUT2D eigenvalue weighted by molar-refractivity contribution is 5.91. The normalized spacial score (nSPS) is 10.9. The lowest BCUT2D eigenvalue weighted by Crippen LogP contribution is -2.36. The van der Waals surface area contributed by atoms with Gasteiger partial charge in [-0.25, -0.2) is 0 Å². The van der Waals surface area contributed by atoms with Crippen LogP contribution in [-0.2, 0) is 9.59 Å². The molecular formula is C14H18FN3O4. The fourth-order valence-corrected chi connectivity index (χ4v) is 1.51. The fourth-order valence-electron chi connectivity index (χ4n) is 1.51. The van der Waals surface area contributed by atoms with Gasteiger partial charge in [-0.1, -0.05) is 20.8 Å². The van der Waals surface area contributed by atoms with Crippen molar-refractivity contribution in [3.05, 3.63) is 34.1 Å². The molecule has 0 aliphatic heterocycles. The second-order valence-electron chi connectivity index (χ2n) is 5.73. The number of carbonyl (C=O) groups excluding carboxylic acids is 2.